The summed E-state index contributed by atoms with van der Waals surface area (Å²) < 4.78 is 0. The van der Waals surface area contributed by atoms with Crippen LogP contribution in [0, 0.1) is 0 Å². The van der Waals surface area contributed by atoms with Crippen molar-refractivity contribution >= 4 is 18.1 Å². The zero-order valence-corrected chi connectivity index (χ0v) is 16.2. The van der Waals surface area contributed by atoms with Crippen LogP contribution in [0.3, 0.4) is 0 Å². The van der Waals surface area contributed by atoms with Gasteiger partial charge in [-0.3, -0.25) is 9.59 Å². The molecule has 6 heteroatoms. The maximum absolute atomic E-state index is 12.7. The van der Waals surface area contributed by atoms with E-state index < -0.39 is 6.04 Å². The number of benzene rings is 1. The Morgan fingerprint density at radius 2 is 2.07 bits per heavy atom. The molecule has 0 aromatic heterocycles. The third-order valence-electron chi connectivity index (χ3n) is 5.97. The lowest BCUT2D eigenvalue weighted by atomic mass is 9.88. The predicted octanol–water partition coefficient (Wildman–Crippen LogP) is 1.94. The standard InChI is InChI=1S/C21H29N3O3/c1-3-23-10-8-15(9-11-23)16-4-6-19-17(12-16)13-24(21(19)27)18(14-25)5-7-20(26)22-2/h4,6,12,14-15,18H,3,5,7-11,13H2,1-2H3,(H,22,26). The summed E-state index contributed by atoms with van der Waals surface area (Å²) >= 11 is 0. The number of likely N-dealkylation sites (tertiary alicyclic amines) is 1. The molecule has 2 aliphatic rings. The fraction of sp³-hybridized carbons (Fsp3) is 0.571. The molecule has 0 radical (unpaired) electrons. The molecular formula is C21H29N3O3. The first kappa shape index (κ1) is 19.5. The Morgan fingerprint density at radius 3 is 2.70 bits per heavy atom. The molecule has 6 nitrogen and oxygen atoms in total. The zero-order valence-electron chi connectivity index (χ0n) is 16.2. The lowest BCUT2D eigenvalue weighted by Gasteiger charge is -2.31. The van der Waals surface area contributed by atoms with Gasteiger partial charge >= 0.3 is 0 Å². The number of hydrogen-bond acceptors (Lipinski definition) is 4. The van der Waals surface area contributed by atoms with Gasteiger partial charge in [0.15, 0.2) is 0 Å². The minimum absolute atomic E-state index is 0.105. The molecule has 2 aliphatic heterocycles. The van der Waals surface area contributed by atoms with Crippen LogP contribution in [0.2, 0.25) is 0 Å². The van der Waals surface area contributed by atoms with E-state index in [-0.39, 0.29) is 18.2 Å². The summed E-state index contributed by atoms with van der Waals surface area (Å²) in [4.78, 5) is 39.8. The van der Waals surface area contributed by atoms with Gasteiger partial charge in [0.2, 0.25) is 5.91 Å². The Morgan fingerprint density at radius 1 is 1.33 bits per heavy atom. The molecule has 2 amide bonds. The van der Waals surface area contributed by atoms with E-state index in [1.165, 1.54) is 5.56 Å². The molecule has 1 atom stereocenters. The van der Waals surface area contributed by atoms with Crippen LogP contribution in [-0.4, -0.2) is 60.6 Å². The van der Waals surface area contributed by atoms with Crippen molar-refractivity contribution in [3.63, 3.8) is 0 Å². The van der Waals surface area contributed by atoms with Gasteiger partial charge in [0.05, 0.1) is 6.04 Å². The summed E-state index contributed by atoms with van der Waals surface area (Å²) in [7, 11) is 1.57. The van der Waals surface area contributed by atoms with E-state index in [0.29, 0.717) is 24.4 Å². The molecule has 27 heavy (non-hydrogen) atoms. The van der Waals surface area contributed by atoms with Crippen molar-refractivity contribution in [1.29, 1.82) is 0 Å². The molecule has 1 N–H and O–H groups in total. The van der Waals surface area contributed by atoms with Crippen molar-refractivity contribution in [1.82, 2.24) is 15.1 Å². The second-order valence-corrected chi connectivity index (χ2v) is 7.47. The molecule has 146 valence electrons. The first-order valence-electron chi connectivity index (χ1n) is 9.89. The van der Waals surface area contributed by atoms with Crippen molar-refractivity contribution in [2.45, 2.75) is 51.1 Å². The largest absolute Gasteiger partial charge is 0.359 e. The van der Waals surface area contributed by atoms with Crippen LogP contribution in [-0.2, 0) is 16.1 Å². The summed E-state index contributed by atoms with van der Waals surface area (Å²) in [6.07, 6.45) is 3.67. The average Bonchev–Trinajstić information content (AvgIpc) is 3.04. The average molecular weight is 371 g/mol. The van der Waals surface area contributed by atoms with Crippen molar-refractivity contribution in [3.8, 4) is 0 Å². The van der Waals surface area contributed by atoms with E-state index in [9.17, 15) is 14.4 Å². The summed E-state index contributed by atoms with van der Waals surface area (Å²) in [5.74, 6) is 0.315. The predicted molar refractivity (Wildman–Crippen MR) is 104 cm³/mol. The van der Waals surface area contributed by atoms with Gasteiger partial charge in [-0.1, -0.05) is 19.1 Å². The second kappa shape index (κ2) is 8.65. The minimum atomic E-state index is -0.557. The number of carbonyl (C=O) groups excluding carboxylic acids is 3. The number of hydrogen-bond donors (Lipinski definition) is 1. The van der Waals surface area contributed by atoms with Crippen molar-refractivity contribution in [2.75, 3.05) is 26.7 Å². The summed E-state index contributed by atoms with van der Waals surface area (Å²) in [5.41, 5.74) is 2.99. The van der Waals surface area contributed by atoms with Crippen LogP contribution in [0.4, 0.5) is 0 Å². The Labute approximate surface area is 160 Å². The van der Waals surface area contributed by atoms with E-state index >= 15 is 0 Å². The van der Waals surface area contributed by atoms with Crippen LogP contribution in [0.25, 0.3) is 0 Å². The zero-order chi connectivity index (χ0) is 19.4. The van der Waals surface area contributed by atoms with Gasteiger partial charge in [-0.25, -0.2) is 0 Å². The molecule has 0 saturated carbocycles. The Balaban J connectivity index is 1.69. The molecule has 3 rings (SSSR count). The number of rotatable bonds is 7. The number of nitrogens with one attached hydrogen (secondary N) is 1. The normalized spacial score (nSPS) is 19.0. The summed E-state index contributed by atoms with van der Waals surface area (Å²) in [6.45, 7) is 5.99. The van der Waals surface area contributed by atoms with Crippen molar-refractivity contribution in [3.05, 3.63) is 34.9 Å². The van der Waals surface area contributed by atoms with Crippen LogP contribution in [0.15, 0.2) is 18.2 Å². The number of fused-ring (bicyclic) bond motifs is 1. The van der Waals surface area contributed by atoms with E-state index in [4.69, 9.17) is 0 Å². The number of nitrogens with zero attached hydrogens (tertiary/aromatic N) is 2. The van der Waals surface area contributed by atoms with E-state index in [1.54, 1.807) is 11.9 Å². The van der Waals surface area contributed by atoms with Crippen LogP contribution in [0.5, 0.6) is 0 Å². The smallest absolute Gasteiger partial charge is 0.255 e. The quantitative estimate of drug-likeness (QED) is 0.744. The highest BCUT2D eigenvalue weighted by Crippen LogP contribution is 2.32. The number of piperidine rings is 1. The van der Waals surface area contributed by atoms with Crippen LogP contribution in [0.1, 0.15) is 60.0 Å². The Bertz CT molecular complexity index is 711. The highest BCUT2D eigenvalue weighted by atomic mass is 16.2. The molecule has 1 unspecified atom stereocenters. The lowest BCUT2D eigenvalue weighted by molar-refractivity contribution is -0.121. The Hall–Kier alpha value is -2.21. The topological polar surface area (TPSA) is 69.7 Å². The Kier molecular flexibility index (Phi) is 6.26. The van der Waals surface area contributed by atoms with Crippen molar-refractivity contribution < 1.29 is 14.4 Å². The first-order valence-corrected chi connectivity index (χ1v) is 9.89. The van der Waals surface area contributed by atoms with E-state index in [2.05, 4.69) is 29.3 Å². The second-order valence-electron chi connectivity index (χ2n) is 7.47. The molecule has 2 heterocycles. The fourth-order valence-electron chi connectivity index (χ4n) is 4.17. The fourth-order valence-corrected chi connectivity index (χ4v) is 4.17. The molecule has 0 aliphatic carbocycles. The first-order chi connectivity index (χ1) is 13.1. The van der Waals surface area contributed by atoms with E-state index in [0.717, 1.165) is 44.3 Å². The van der Waals surface area contributed by atoms with Crippen molar-refractivity contribution in [2.24, 2.45) is 0 Å². The highest BCUT2D eigenvalue weighted by Gasteiger charge is 2.33. The monoisotopic (exact) mass is 371 g/mol. The molecule has 0 bridgehead atoms. The molecule has 1 fully saturated rings. The molecule has 1 saturated heterocycles. The van der Waals surface area contributed by atoms with Gasteiger partial charge in [-0.05, 0) is 62.0 Å². The maximum Gasteiger partial charge on any atom is 0.255 e. The summed E-state index contributed by atoms with van der Waals surface area (Å²) in [5, 5.41) is 2.55. The number of amides is 2. The maximum atomic E-state index is 12.7. The molecule has 1 aromatic rings. The lowest BCUT2D eigenvalue weighted by Crippen LogP contribution is -2.37. The van der Waals surface area contributed by atoms with Gasteiger partial charge in [0.25, 0.3) is 5.91 Å². The van der Waals surface area contributed by atoms with Gasteiger partial charge in [-0.2, -0.15) is 0 Å². The van der Waals surface area contributed by atoms with Gasteiger partial charge in [0, 0.05) is 25.6 Å². The number of aldehydes is 1. The molecular weight excluding hydrogens is 342 g/mol. The SMILES string of the molecule is CCN1CCC(c2ccc3c(c2)CN(C(C=O)CCC(=O)NC)C3=O)CC1. The van der Waals surface area contributed by atoms with Gasteiger partial charge in [0.1, 0.15) is 6.29 Å². The highest BCUT2D eigenvalue weighted by molar-refractivity contribution is 5.99. The van der Waals surface area contributed by atoms with Crippen LogP contribution < -0.4 is 5.32 Å². The van der Waals surface area contributed by atoms with Crippen LogP contribution >= 0.6 is 0 Å². The van der Waals surface area contributed by atoms with Gasteiger partial charge in [-0.15, -0.1) is 0 Å². The third kappa shape index (κ3) is 4.21. The number of carbonyl (C=O) groups is 3. The molecule has 0 spiro atoms. The van der Waals surface area contributed by atoms with Gasteiger partial charge < -0.3 is 19.9 Å². The van der Waals surface area contributed by atoms with E-state index in [1.807, 2.05) is 6.07 Å². The third-order valence-corrected chi connectivity index (χ3v) is 5.97. The minimum Gasteiger partial charge on any atom is -0.359 e. The molecule has 1 aromatic carbocycles. The summed E-state index contributed by atoms with van der Waals surface area (Å²) in [6, 6.07) is 5.59.